The number of hydrogen-bond donors (Lipinski definition) is 0. The zero-order valence-electron chi connectivity index (χ0n) is 6.63. The van der Waals surface area contributed by atoms with Gasteiger partial charge in [0.2, 0.25) is 0 Å². The van der Waals surface area contributed by atoms with Gasteiger partial charge >= 0.3 is 0 Å². The molecule has 2 heteroatoms. The molecule has 0 aliphatic carbocycles. The Bertz CT molecular complexity index is 268. The third kappa shape index (κ3) is 2.65. The van der Waals surface area contributed by atoms with Crippen LogP contribution in [-0.2, 0) is 5.88 Å². The number of halogens is 2. The molecule has 1 rings (SSSR count). The molecule has 0 radical (unpaired) electrons. The summed E-state index contributed by atoms with van der Waals surface area (Å²) in [5, 5.41) is 0.879. The first-order chi connectivity index (χ1) is 5.88. The largest absolute Gasteiger partial charge is 0.122 e. The average Bonchev–Trinajstić information content (AvgIpc) is 2.15. The third-order valence-electron chi connectivity index (χ3n) is 1.59. The van der Waals surface area contributed by atoms with E-state index < -0.39 is 0 Å². The SMILES string of the molecule is ClCc1ccccc1C=CCBr. The standard InChI is InChI=1S/C10H10BrCl/c11-7-3-6-9-4-1-2-5-10(9)8-12/h1-6H,7-8H2. The molecular formula is C10H10BrCl. The third-order valence-corrected chi connectivity index (χ3v) is 2.25. The summed E-state index contributed by atoms with van der Waals surface area (Å²) in [7, 11) is 0. The van der Waals surface area contributed by atoms with Gasteiger partial charge < -0.3 is 0 Å². The number of hydrogen-bond acceptors (Lipinski definition) is 0. The first-order valence-electron chi connectivity index (χ1n) is 3.75. The van der Waals surface area contributed by atoms with E-state index in [9.17, 15) is 0 Å². The first kappa shape index (κ1) is 9.82. The van der Waals surface area contributed by atoms with E-state index in [1.807, 2.05) is 18.2 Å². The smallest absolute Gasteiger partial charge is 0.0479 e. The van der Waals surface area contributed by atoms with Crippen molar-refractivity contribution in [1.29, 1.82) is 0 Å². The van der Waals surface area contributed by atoms with Gasteiger partial charge in [0.1, 0.15) is 0 Å². The van der Waals surface area contributed by atoms with Crippen molar-refractivity contribution < 1.29 is 0 Å². The monoisotopic (exact) mass is 244 g/mol. The summed E-state index contributed by atoms with van der Waals surface area (Å²) in [4.78, 5) is 0. The van der Waals surface area contributed by atoms with Gasteiger partial charge in [0.05, 0.1) is 0 Å². The summed E-state index contributed by atoms with van der Waals surface area (Å²) in [6.07, 6.45) is 4.14. The normalized spacial score (nSPS) is 10.8. The van der Waals surface area contributed by atoms with E-state index in [1.54, 1.807) is 0 Å². The summed E-state index contributed by atoms with van der Waals surface area (Å²) in [5.41, 5.74) is 2.38. The van der Waals surface area contributed by atoms with Gasteiger partial charge in [-0.3, -0.25) is 0 Å². The predicted molar refractivity (Wildman–Crippen MR) is 58.8 cm³/mol. The highest BCUT2D eigenvalue weighted by Gasteiger charge is 1.94. The lowest BCUT2D eigenvalue weighted by Gasteiger charge is -1.99. The minimum absolute atomic E-state index is 0.572. The summed E-state index contributed by atoms with van der Waals surface area (Å²) >= 11 is 9.10. The summed E-state index contributed by atoms with van der Waals surface area (Å²) in [6.45, 7) is 0. The van der Waals surface area contributed by atoms with Gasteiger partial charge in [-0.05, 0) is 11.1 Å². The van der Waals surface area contributed by atoms with E-state index in [0.29, 0.717) is 5.88 Å². The lowest BCUT2D eigenvalue weighted by Crippen LogP contribution is -1.82. The zero-order chi connectivity index (χ0) is 8.81. The van der Waals surface area contributed by atoms with Crippen molar-refractivity contribution in [2.75, 3.05) is 5.33 Å². The fraction of sp³-hybridized carbons (Fsp3) is 0.200. The molecule has 0 N–H and O–H groups in total. The molecule has 0 aromatic heterocycles. The second kappa shape index (κ2) is 5.39. The van der Waals surface area contributed by atoms with Crippen molar-refractivity contribution >= 4 is 33.6 Å². The Hall–Kier alpha value is -0.270. The van der Waals surface area contributed by atoms with E-state index in [0.717, 1.165) is 5.33 Å². The summed E-state index contributed by atoms with van der Waals surface area (Å²) < 4.78 is 0. The minimum atomic E-state index is 0.572. The Balaban J connectivity index is 2.89. The van der Waals surface area contributed by atoms with Crippen LogP contribution in [0.3, 0.4) is 0 Å². The molecule has 1 aromatic carbocycles. The van der Waals surface area contributed by atoms with Crippen LogP contribution in [0.1, 0.15) is 11.1 Å². The van der Waals surface area contributed by atoms with Gasteiger partial charge in [-0.1, -0.05) is 52.3 Å². The van der Waals surface area contributed by atoms with Crippen LogP contribution >= 0.6 is 27.5 Å². The molecular weight excluding hydrogens is 235 g/mol. The molecule has 64 valence electrons. The van der Waals surface area contributed by atoms with Crippen molar-refractivity contribution in [3.8, 4) is 0 Å². The molecule has 0 amide bonds. The number of benzene rings is 1. The van der Waals surface area contributed by atoms with E-state index in [2.05, 4.69) is 34.1 Å². The molecule has 12 heavy (non-hydrogen) atoms. The molecule has 0 aliphatic rings. The van der Waals surface area contributed by atoms with Crippen LogP contribution in [-0.4, -0.2) is 5.33 Å². The number of rotatable bonds is 3. The van der Waals surface area contributed by atoms with Crippen LogP contribution in [0.4, 0.5) is 0 Å². The first-order valence-corrected chi connectivity index (χ1v) is 5.40. The molecule has 0 saturated carbocycles. The molecule has 0 spiro atoms. The fourth-order valence-electron chi connectivity index (χ4n) is 0.990. The van der Waals surface area contributed by atoms with Crippen LogP contribution in [0.15, 0.2) is 30.3 Å². The van der Waals surface area contributed by atoms with Gasteiger partial charge in [0.25, 0.3) is 0 Å². The maximum atomic E-state index is 5.77. The summed E-state index contributed by atoms with van der Waals surface area (Å²) in [5.74, 6) is 0.572. The second-order valence-corrected chi connectivity index (χ2v) is 3.30. The predicted octanol–water partition coefficient (Wildman–Crippen LogP) is 3.83. The Morgan fingerprint density at radius 1 is 1.33 bits per heavy atom. The fourth-order valence-corrected chi connectivity index (χ4v) is 1.42. The van der Waals surface area contributed by atoms with Crippen molar-refractivity contribution in [2.24, 2.45) is 0 Å². The molecule has 0 aliphatic heterocycles. The van der Waals surface area contributed by atoms with Crippen LogP contribution in [0.5, 0.6) is 0 Å². The summed E-state index contributed by atoms with van der Waals surface area (Å²) in [6, 6.07) is 8.13. The highest BCUT2D eigenvalue weighted by atomic mass is 79.9. The van der Waals surface area contributed by atoms with Gasteiger partial charge in [0.15, 0.2) is 0 Å². The molecule has 0 nitrogen and oxygen atoms in total. The highest BCUT2D eigenvalue weighted by molar-refractivity contribution is 9.09. The molecule has 1 aromatic rings. The lowest BCUT2D eigenvalue weighted by molar-refractivity contribution is 1.38. The van der Waals surface area contributed by atoms with Crippen molar-refractivity contribution in [1.82, 2.24) is 0 Å². The van der Waals surface area contributed by atoms with E-state index in [4.69, 9.17) is 11.6 Å². The Labute approximate surface area is 86.4 Å². The molecule has 0 atom stereocenters. The van der Waals surface area contributed by atoms with Gasteiger partial charge in [-0.15, -0.1) is 11.6 Å². The second-order valence-electron chi connectivity index (χ2n) is 2.39. The quantitative estimate of drug-likeness (QED) is 0.710. The molecule has 0 unspecified atom stereocenters. The highest BCUT2D eigenvalue weighted by Crippen LogP contribution is 2.12. The van der Waals surface area contributed by atoms with Crippen LogP contribution in [0.25, 0.3) is 6.08 Å². The molecule has 0 heterocycles. The Morgan fingerprint density at radius 2 is 2.08 bits per heavy atom. The molecule has 0 fully saturated rings. The van der Waals surface area contributed by atoms with Gasteiger partial charge in [-0.2, -0.15) is 0 Å². The van der Waals surface area contributed by atoms with E-state index in [-0.39, 0.29) is 0 Å². The minimum Gasteiger partial charge on any atom is -0.122 e. The average molecular weight is 246 g/mol. The van der Waals surface area contributed by atoms with Crippen molar-refractivity contribution in [3.63, 3.8) is 0 Å². The lowest BCUT2D eigenvalue weighted by atomic mass is 10.1. The van der Waals surface area contributed by atoms with Crippen molar-refractivity contribution in [2.45, 2.75) is 5.88 Å². The number of allylic oxidation sites excluding steroid dienone is 1. The molecule has 0 saturated heterocycles. The van der Waals surface area contributed by atoms with Crippen LogP contribution < -0.4 is 0 Å². The topological polar surface area (TPSA) is 0 Å². The zero-order valence-corrected chi connectivity index (χ0v) is 8.98. The maximum Gasteiger partial charge on any atom is 0.0479 e. The Morgan fingerprint density at radius 3 is 2.75 bits per heavy atom. The molecule has 0 bridgehead atoms. The van der Waals surface area contributed by atoms with Crippen LogP contribution in [0.2, 0.25) is 0 Å². The van der Waals surface area contributed by atoms with E-state index in [1.165, 1.54) is 11.1 Å². The van der Waals surface area contributed by atoms with Crippen LogP contribution in [0, 0.1) is 0 Å². The maximum absolute atomic E-state index is 5.77. The van der Waals surface area contributed by atoms with Gasteiger partial charge in [0, 0.05) is 11.2 Å². The van der Waals surface area contributed by atoms with Gasteiger partial charge in [-0.25, -0.2) is 0 Å². The number of alkyl halides is 2. The Kier molecular flexibility index (Phi) is 4.41. The van der Waals surface area contributed by atoms with Crippen molar-refractivity contribution in [3.05, 3.63) is 41.5 Å². The van der Waals surface area contributed by atoms with E-state index >= 15 is 0 Å².